The molecular formula is C23H29N5O3. The van der Waals surface area contributed by atoms with E-state index in [0.29, 0.717) is 37.4 Å². The zero-order valence-corrected chi connectivity index (χ0v) is 18.0. The van der Waals surface area contributed by atoms with Crippen LogP contribution in [0.2, 0.25) is 0 Å². The number of amides is 1. The number of likely N-dealkylation sites (N-methyl/N-ethyl adjacent to an activating group) is 2. The van der Waals surface area contributed by atoms with E-state index in [1.807, 2.05) is 48.0 Å². The van der Waals surface area contributed by atoms with Crippen LogP contribution in [0.25, 0.3) is 5.65 Å². The smallest absolute Gasteiger partial charge is 0.253 e. The summed E-state index contributed by atoms with van der Waals surface area (Å²) in [6.07, 6.45) is 4.27. The number of fused-ring (bicyclic) bond motifs is 1. The Kier molecular flexibility index (Phi) is 6.11. The van der Waals surface area contributed by atoms with Crippen LogP contribution >= 0.6 is 0 Å². The summed E-state index contributed by atoms with van der Waals surface area (Å²) in [7, 11) is 3.59. The maximum atomic E-state index is 13.0. The molecular weight excluding hydrogens is 394 g/mol. The molecule has 1 aliphatic heterocycles. The monoisotopic (exact) mass is 423 g/mol. The van der Waals surface area contributed by atoms with Gasteiger partial charge < -0.3 is 25.0 Å². The Bertz CT molecular complexity index is 1050. The van der Waals surface area contributed by atoms with Gasteiger partial charge >= 0.3 is 0 Å². The molecule has 1 fully saturated rings. The highest BCUT2D eigenvalue weighted by Crippen LogP contribution is 2.28. The lowest BCUT2D eigenvalue weighted by atomic mass is 10.0. The second kappa shape index (κ2) is 8.95. The molecule has 2 N–H and O–H groups in total. The summed E-state index contributed by atoms with van der Waals surface area (Å²) in [5.41, 5.74) is 0.441. The van der Waals surface area contributed by atoms with E-state index >= 15 is 0 Å². The van der Waals surface area contributed by atoms with Gasteiger partial charge in [-0.05, 0) is 43.8 Å². The van der Waals surface area contributed by atoms with E-state index in [1.165, 1.54) is 0 Å². The Labute approximate surface area is 182 Å². The minimum absolute atomic E-state index is 0.136. The Hall–Kier alpha value is -3.10. The number of nitrogens with one attached hydrogen (secondary N) is 1. The highest BCUT2D eigenvalue weighted by atomic mass is 16.5. The lowest BCUT2D eigenvalue weighted by Gasteiger charge is -2.29. The molecule has 0 radical (unpaired) electrons. The number of ether oxygens (including phenoxy) is 1. The van der Waals surface area contributed by atoms with Gasteiger partial charge in [-0.3, -0.25) is 9.20 Å². The number of hydrogen-bond donors (Lipinski definition) is 2. The number of hydrogen-bond acceptors (Lipinski definition) is 6. The third kappa shape index (κ3) is 4.65. The fourth-order valence-electron chi connectivity index (χ4n) is 4.09. The van der Waals surface area contributed by atoms with Crippen molar-refractivity contribution in [3.63, 3.8) is 0 Å². The zero-order chi connectivity index (χ0) is 21.8. The first-order chi connectivity index (χ1) is 15.0. The van der Waals surface area contributed by atoms with Crippen molar-refractivity contribution in [3.8, 4) is 5.75 Å². The molecule has 1 atom stereocenters. The summed E-state index contributed by atoms with van der Waals surface area (Å²) in [5.74, 6) is 1.52. The predicted octanol–water partition coefficient (Wildman–Crippen LogP) is 1.65. The van der Waals surface area contributed by atoms with E-state index < -0.39 is 5.60 Å². The van der Waals surface area contributed by atoms with Crippen LogP contribution in [-0.2, 0) is 0 Å². The van der Waals surface area contributed by atoms with E-state index in [1.54, 1.807) is 30.3 Å². The number of benzene rings is 1. The molecule has 4 rings (SSSR count). The largest absolute Gasteiger partial charge is 0.492 e. The zero-order valence-electron chi connectivity index (χ0n) is 18.0. The van der Waals surface area contributed by atoms with Crippen LogP contribution in [0.15, 0.2) is 54.9 Å². The highest BCUT2D eigenvalue weighted by Gasteiger charge is 2.38. The van der Waals surface area contributed by atoms with E-state index in [2.05, 4.69) is 15.2 Å². The van der Waals surface area contributed by atoms with Crippen molar-refractivity contribution in [2.24, 2.45) is 0 Å². The van der Waals surface area contributed by atoms with Crippen molar-refractivity contribution in [1.29, 1.82) is 0 Å². The number of rotatable bonds is 8. The van der Waals surface area contributed by atoms with Gasteiger partial charge in [-0.15, -0.1) is 0 Å². The van der Waals surface area contributed by atoms with Crippen molar-refractivity contribution >= 4 is 17.4 Å². The van der Waals surface area contributed by atoms with Crippen molar-refractivity contribution in [2.75, 3.05) is 51.8 Å². The maximum absolute atomic E-state index is 13.0. The number of nitrogens with zero attached hydrogens (tertiary/aromatic N) is 4. The second-order valence-electron chi connectivity index (χ2n) is 8.08. The molecule has 8 nitrogen and oxygen atoms in total. The van der Waals surface area contributed by atoms with Gasteiger partial charge in [-0.2, -0.15) is 0 Å². The summed E-state index contributed by atoms with van der Waals surface area (Å²) >= 11 is 0. The number of imidazole rings is 1. The number of anilines is 1. The van der Waals surface area contributed by atoms with Crippen LogP contribution in [0.3, 0.4) is 0 Å². The Balaban J connectivity index is 1.41. The number of aliphatic hydroxyl groups is 1. The molecule has 3 heterocycles. The van der Waals surface area contributed by atoms with Crippen molar-refractivity contribution in [1.82, 2.24) is 19.6 Å². The lowest BCUT2D eigenvalue weighted by Crippen LogP contribution is -2.46. The lowest BCUT2D eigenvalue weighted by molar-refractivity contribution is 0.0264. The van der Waals surface area contributed by atoms with Crippen molar-refractivity contribution in [3.05, 3.63) is 60.4 Å². The normalized spacial score (nSPS) is 18.5. The molecule has 8 heteroatoms. The quantitative estimate of drug-likeness (QED) is 0.536. The number of β-amino-alcohol motifs (C(OH)–C–C–N with tert-alkyl or cyclic N) is 1. The molecule has 0 saturated carbocycles. The average Bonchev–Trinajstić information content (AvgIpc) is 3.40. The number of pyridine rings is 1. The van der Waals surface area contributed by atoms with Crippen molar-refractivity contribution in [2.45, 2.75) is 12.0 Å². The molecule has 0 spiro atoms. The van der Waals surface area contributed by atoms with Crippen LogP contribution in [0, 0.1) is 0 Å². The van der Waals surface area contributed by atoms with Gasteiger partial charge in [0.05, 0.1) is 6.54 Å². The summed E-state index contributed by atoms with van der Waals surface area (Å²) in [6, 6.07) is 13.1. The van der Waals surface area contributed by atoms with Crippen LogP contribution in [0.4, 0.5) is 5.82 Å². The fraction of sp³-hybridized carbons (Fsp3) is 0.391. The Morgan fingerprint density at radius 3 is 3.00 bits per heavy atom. The standard InChI is InChI=1S/C23H29N5O3/c1-24-11-14-31-19-6-3-5-18(15-19)22(29)26(2)16-23(30)9-12-27(17-23)21-8-4-7-20-25-10-13-28(20)21/h3-8,10,13,15,24,30H,9,11-12,14,16-17H2,1-2H3. The van der Waals surface area contributed by atoms with Crippen LogP contribution in [-0.4, -0.2) is 77.8 Å². The predicted molar refractivity (Wildman–Crippen MR) is 120 cm³/mol. The van der Waals surface area contributed by atoms with Crippen LogP contribution < -0.4 is 15.0 Å². The van der Waals surface area contributed by atoms with Gasteiger partial charge in [0.25, 0.3) is 5.91 Å². The second-order valence-corrected chi connectivity index (χ2v) is 8.08. The van der Waals surface area contributed by atoms with E-state index in [-0.39, 0.29) is 12.5 Å². The molecule has 1 aliphatic rings. The molecule has 1 unspecified atom stereocenters. The molecule has 2 aromatic heterocycles. The van der Waals surface area contributed by atoms with Gasteiger partial charge in [0, 0.05) is 44.6 Å². The van der Waals surface area contributed by atoms with Gasteiger partial charge in [-0.1, -0.05) is 12.1 Å². The first-order valence-electron chi connectivity index (χ1n) is 10.5. The van der Waals surface area contributed by atoms with E-state index in [4.69, 9.17) is 4.74 Å². The molecule has 31 heavy (non-hydrogen) atoms. The number of carbonyl (C=O) groups is 1. The number of carbonyl (C=O) groups excluding carboxylic acids is 1. The summed E-state index contributed by atoms with van der Waals surface area (Å²) in [5, 5.41) is 14.2. The summed E-state index contributed by atoms with van der Waals surface area (Å²) in [4.78, 5) is 21.0. The molecule has 3 aromatic rings. The molecule has 1 saturated heterocycles. The van der Waals surface area contributed by atoms with Gasteiger partial charge in [0.15, 0.2) is 0 Å². The van der Waals surface area contributed by atoms with Gasteiger partial charge in [-0.25, -0.2) is 4.98 Å². The highest BCUT2D eigenvalue weighted by molar-refractivity contribution is 5.94. The number of aromatic nitrogens is 2. The van der Waals surface area contributed by atoms with Gasteiger partial charge in [0.2, 0.25) is 0 Å². The van der Waals surface area contributed by atoms with Gasteiger partial charge in [0.1, 0.15) is 29.4 Å². The summed E-state index contributed by atoms with van der Waals surface area (Å²) in [6.45, 7) is 2.68. The minimum Gasteiger partial charge on any atom is -0.492 e. The molecule has 164 valence electrons. The molecule has 1 amide bonds. The Morgan fingerprint density at radius 2 is 2.16 bits per heavy atom. The van der Waals surface area contributed by atoms with Crippen LogP contribution in [0.5, 0.6) is 5.75 Å². The van der Waals surface area contributed by atoms with Crippen LogP contribution in [0.1, 0.15) is 16.8 Å². The fourth-order valence-corrected chi connectivity index (χ4v) is 4.09. The van der Waals surface area contributed by atoms with Crippen molar-refractivity contribution < 1.29 is 14.6 Å². The third-order valence-electron chi connectivity index (χ3n) is 5.64. The minimum atomic E-state index is -0.978. The maximum Gasteiger partial charge on any atom is 0.253 e. The average molecular weight is 424 g/mol. The molecule has 0 bridgehead atoms. The van der Waals surface area contributed by atoms with E-state index in [0.717, 1.165) is 18.0 Å². The first kappa shape index (κ1) is 21.1. The molecule has 1 aromatic carbocycles. The molecule has 0 aliphatic carbocycles. The SMILES string of the molecule is CNCCOc1cccc(C(=O)N(C)CC2(O)CCN(c3cccc4nccn34)C2)c1. The first-order valence-corrected chi connectivity index (χ1v) is 10.5. The topological polar surface area (TPSA) is 82.3 Å². The third-order valence-corrected chi connectivity index (χ3v) is 5.64. The Morgan fingerprint density at radius 1 is 1.32 bits per heavy atom. The summed E-state index contributed by atoms with van der Waals surface area (Å²) < 4.78 is 7.68. The van der Waals surface area contributed by atoms with E-state index in [9.17, 15) is 9.90 Å².